The molecule has 0 spiro atoms. The van der Waals surface area contributed by atoms with Crippen molar-refractivity contribution < 1.29 is 0 Å². The molecule has 0 amide bonds. The van der Waals surface area contributed by atoms with Gasteiger partial charge in [-0.25, -0.2) is 4.98 Å². The summed E-state index contributed by atoms with van der Waals surface area (Å²) in [5.41, 5.74) is 0.793. The molecule has 1 heterocycles. The van der Waals surface area contributed by atoms with E-state index in [-0.39, 0.29) is 5.28 Å². The predicted molar refractivity (Wildman–Crippen MR) is 64.4 cm³/mol. The smallest absolute Gasteiger partial charge is 0.224 e. The van der Waals surface area contributed by atoms with Crippen molar-refractivity contribution in [2.24, 2.45) is 0 Å². The van der Waals surface area contributed by atoms with E-state index in [0.717, 1.165) is 5.69 Å². The molecule has 1 rings (SSSR count). The van der Waals surface area contributed by atoms with Gasteiger partial charge in [0, 0.05) is 13.1 Å². The maximum absolute atomic E-state index is 5.69. The Labute approximate surface area is 94.1 Å². The van der Waals surface area contributed by atoms with Gasteiger partial charge in [-0.05, 0) is 11.6 Å². The molecule has 0 aromatic carbocycles. The summed E-state index contributed by atoms with van der Waals surface area (Å²) in [5.74, 6) is 0.664. The minimum Gasteiger partial charge on any atom is -0.377 e. The molecule has 0 saturated heterocycles. The second kappa shape index (κ2) is 6.03. The summed E-state index contributed by atoms with van der Waals surface area (Å²) >= 11 is 5.69. The van der Waals surface area contributed by atoms with Crippen LogP contribution in [0.4, 0.5) is 11.5 Å². The van der Waals surface area contributed by atoms with Crippen LogP contribution in [0.25, 0.3) is 0 Å². The first-order chi connectivity index (χ1) is 7.27. The maximum Gasteiger partial charge on any atom is 0.224 e. The second-order valence-electron chi connectivity index (χ2n) is 2.74. The lowest BCUT2D eigenvalue weighted by molar-refractivity contribution is 1.13. The van der Waals surface area contributed by atoms with Gasteiger partial charge in [-0.3, -0.25) is 0 Å². The molecule has 5 heteroatoms. The minimum absolute atomic E-state index is 0.214. The van der Waals surface area contributed by atoms with Crippen molar-refractivity contribution in [1.82, 2.24) is 9.97 Å². The molecule has 80 valence electrons. The molecule has 15 heavy (non-hydrogen) atoms. The number of nitrogens with zero attached hydrogens (tertiary/aromatic N) is 2. The monoisotopic (exact) mass is 224 g/mol. The maximum atomic E-state index is 5.69. The van der Waals surface area contributed by atoms with Gasteiger partial charge in [0.25, 0.3) is 0 Å². The van der Waals surface area contributed by atoms with E-state index in [1.807, 2.05) is 0 Å². The summed E-state index contributed by atoms with van der Waals surface area (Å²) in [4.78, 5) is 7.95. The molecule has 0 bridgehead atoms. The Balaban J connectivity index is 2.81. The Morgan fingerprint density at radius 3 is 2.60 bits per heavy atom. The highest BCUT2D eigenvalue weighted by atomic mass is 35.5. The average Bonchev–Trinajstić information content (AvgIpc) is 2.25. The molecule has 0 atom stereocenters. The number of rotatable bonds is 6. The molecule has 0 saturated carbocycles. The highest BCUT2D eigenvalue weighted by Gasteiger charge is 2.03. The van der Waals surface area contributed by atoms with Crippen molar-refractivity contribution in [2.75, 3.05) is 23.7 Å². The largest absolute Gasteiger partial charge is 0.377 e. The minimum atomic E-state index is 0.214. The number of hydrogen-bond donors (Lipinski definition) is 2. The van der Waals surface area contributed by atoms with Gasteiger partial charge < -0.3 is 10.6 Å². The van der Waals surface area contributed by atoms with E-state index >= 15 is 0 Å². The summed E-state index contributed by atoms with van der Waals surface area (Å²) in [6, 6.07) is 0. The van der Waals surface area contributed by atoms with E-state index in [1.54, 1.807) is 18.3 Å². The number of nitrogens with one attached hydrogen (secondary N) is 2. The molecule has 0 aliphatic heterocycles. The van der Waals surface area contributed by atoms with Crippen LogP contribution in [0.1, 0.15) is 0 Å². The zero-order valence-corrected chi connectivity index (χ0v) is 9.09. The Morgan fingerprint density at radius 1 is 1.27 bits per heavy atom. The number of anilines is 2. The van der Waals surface area contributed by atoms with Crippen LogP contribution in [0, 0.1) is 0 Å². The standard InChI is InChI=1S/C10H13ClN4/c1-3-5-12-8-7-14-10(11)15-9(8)13-6-4-2/h3-4,7,12H,1-2,5-6H2,(H,13,14,15). The molecule has 0 fully saturated rings. The zero-order chi connectivity index (χ0) is 11.1. The Kier molecular flexibility index (Phi) is 4.63. The number of aromatic nitrogens is 2. The summed E-state index contributed by atoms with van der Waals surface area (Å²) in [6.07, 6.45) is 5.13. The Bertz CT molecular complexity index is 351. The lowest BCUT2D eigenvalue weighted by Gasteiger charge is -2.10. The van der Waals surface area contributed by atoms with Crippen molar-refractivity contribution in [3.05, 3.63) is 36.8 Å². The predicted octanol–water partition coefficient (Wildman–Crippen LogP) is 2.33. The third-order valence-electron chi connectivity index (χ3n) is 1.61. The lowest BCUT2D eigenvalue weighted by atomic mass is 10.4. The van der Waals surface area contributed by atoms with Gasteiger partial charge in [-0.2, -0.15) is 4.98 Å². The second-order valence-corrected chi connectivity index (χ2v) is 3.08. The molecule has 1 aromatic heterocycles. The molecule has 0 aliphatic rings. The quantitative estimate of drug-likeness (QED) is 0.575. The lowest BCUT2D eigenvalue weighted by Crippen LogP contribution is -2.07. The van der Waals surface area contributed by atoms with Crippen molar-refractivity contribution >= 4 is 23.1 Å². The van der Waals surface area contributed by atoms with E-state index in [2.05, 4.69) is 33.8 Å². The normalized spacial score (nSPS) is 9.40. The number of halogens is 1. The van der Waals surface area contributed by atoms with Crippen LogP contribution in [-0.4, -0.2) is 23.1 Å². The van der Waals surface area contributed by atoms with Crippen LogP contribution < -0.4 is 10.6 Å². The van der Waals surface area contributed by atoms with Gasteiger partial charge in [0.2, 0.25) is 5.28 Å². The van der Waals surface area contributed by atoms with Gasteiger partial charge in [0.1, 0.15) is 0 Å². The van der Waals surface area contributed by atoms with Crippen LogP contribution in [0.2, 0.25) is 5.28 Å². The SMILES string of the molecule is C=CCNc1cnc(Cl)nc1NCC=C. The Morgan fingerprint density at radius 2 is 1.93 bits per heavy atom. The first kappa shape index (κ1) is 11.5. The summed E-state index contributed by atoms with van der Waals surface area (Å²) in [6.45, 7) is 8.50. The fourth-order valence-corrected chi connectivity index (χ4v) is 1.11. The van der Waals surface area contributed by atoms with Crippen LogP contribution in [0.15, 0.2) is 31.5 Å². The van der Waals surface area contributed by atoms with Crippen LogP contribution in [0.3, 0.4) is 0 Å². The molecule has 1 aromatic rings. The van der Waals surface area contributed by atoms with E-state index in [9.17, 15) is 0 Å². The van der Waals surface area contributed by atoms with E-state index in [1.165, 1.54) is 0 Å². The molecule has 4 nitrogen and oxygen atoms in total. The molecule has 0 unspecified atom stereocenters. The van der Waals surface area contributed by atoms with E-state index < -0.39 is 0 Å². The van der Waals surface area contributed by atoms with Gasteiger partial charge in [-0.1, -0.05) is 12.2 Å². The summed E-state index contributed by atoms with van der Waals surface area (Å²) in [5, 5.41) is 6.38. The first-order valence-corrected chi connectivity index (χ1v) is 4.87. The van der Waals surface area contributed by atoms with Gasteiger partial charge >= 0.3 is 0 Å². The van der Waals surface area contributed by atoms with Crippen molar-refractivity contribution in [3.8, 4) is 0 Å². The van der Waals surface area contributed by atoms with Crippen LogP contribution >= 0.6 is 11.6 Å². The van der Waals surface area contributed by atoms with Crippen LogP contribution in [0.5, 0.6) is 0 Å². The Hall–Kier alpha value is -1.55. The molecular weight excluding hydrogens is 212 g/mol. The topological polar surface area (TPSA) is 49.8 Å². The van der Waals surface area contributed by atoms with Crippen molar-refractivity contribution in [1.29, 1.82) is 0 Å². The van der Waals surface area contributed by atoms with Gasteiger partial charge in [0.15, 0.2) is 5.82 Å². The van der Waals surface area contributed by atoms with Crippen molar-refractivity contribution in [3.63, 3.8) is 0 Å². The molecule has 0 aliphatic carbocycles. The highest BCUT2D eigenvalue weighted by molar-refractivity contribution is 6.28. The van der Waals surface area contributed by atoms with Crippen LogP contribution in [-0.2, 0) is 0 Å². The van der Waals surface area contributed by atoms with Crippen molar-refractivity contribution in [2.45, 2.75) is 0 Å². The summed E-state index contributed by atoms with van der Waals surface area (Å²) in [7, 11) is 0. The van der Waals surface area contributed by atoms with Gasteiger partial charge in [-0.15, -0.1) is 13.2 Å². The third-order valence-corrected chi connectivity index (χ3v) is 1.79. The fraction of sp³-hybridized carbons (Fsp3) is 0.200. The molecule has 2 N–H and O–H groups in total. The zero-order valence-electron chi connectivity index (χ0n) is 8.33. The molecular formula is C10H13ClN4. The van der Waals surface area contributed by atoms with Gasteiger partial charge in [0.05, 0.1) is 11.9 Å². The average molecular weight is 225 g/mol. The fourth-order valence-electron chi connectivity index (χ4n) is 0.975. The molecule has 0 radical (unpaired) electrons. The highest BCUT2D eigenvalue weighted by Crippen LogP contribution is 2.19. The van der Waals surface area contributed by atoms with E-state index in [0.29, 0.717) is 18.9 Å². The third kappa shape index (κ3) is 3.59. The first-order valence-electron chi connectivity index (χ1n) is 4.50. The number of hydrogen-bond acceptors (Lipinski definition) is 4. The summed E-state index contributed by atoms with van der Waals surface area (Å²) < 4.78 is 0. The van der Waals surface area contributed by atoms with E-state index in [4.69, 9.17) is 11.6 Å².